The lowest BCUT2D eigenvalue weighted by Gasteiger charge is -2.48. The first kappa shape index (κ1) is 32.7. The standard InChI is InChI=1S/C36H44N6O2S2/c1-33(2)19-11-17-29(21-27-13-7-5-8-14-27)35(33,43)23-41-31(37-25-39-41)45-46-32-38-26-40-42(32)24-36(44)30(18-12-20-34(36,3)4)22-28-15-9-6-10-16-28/h5-10,13-16,21-22,25-26,43-44H,11-12,17-20,23-24H2,1-4H3/b29-21-,30-22+. The van der Waals surface area contributed by atoms with Crippen LogP contribution >= 0.6 is 21.6 Å². The Morgan fingerprint density at radius 3 is 1.43 bits per heavy atom. The van der Waals surface area contributed by atoms with Crippen molar-refractivity contribution in [1.82, 2.24) is 29.5 Å². The lowest BCUT2D eigenvalue weighted by Crippen LogP contribution is -2.52. The van der Waals surface area contributed by atoms with Gasteiger partial charge in [0.05, 0.1) is 13.1 Å². The summed E-state index contributed by atoms with van der Waals surface area (Å²) in [5.41, 5.74) is 1.34. The van der Waals surface area contributed by atoms with E-state index in [1.165, 1.54) is 21.6 Å². The normalized spacial score (nSPS) is 26.0. The molecule has 2 atom stereocenters. The molecular weight excluding hydrogens is 613 g/mol. The van der Waals surface area contributed by atoms with Crippen molar-refractivity contribution in [3.8, 4) is 0 Å². The monoisotopic (exact) mass is 656 g/mol. The second kappa shape index (κ2) is 13.1. The van der Waals surface area contributed by atoms with E-state index >= 15 is 0 Å². The van der Waals surface area contributed by atoms with E-state index in [9.17, 15) is 10.2 Å². The highest BCUT2D eigenvalue weighted by atomic mass is 33.1. The number of rotatable bonds is 9. The van der Waals surface area contributed by atoms with Gasteiger partial charge in [-0.15, -0.1) is 0 Å². The van der Waals surface area contributed by atoms with E-state index in [1.807, 2.05) is 45.8 Å². The summed E-state index contributed by atoms with van der Waals surface area (Å²) in [5.74, 6) is 0. The zero-order chi connectivity index (χ0) is 32.4. The molecule has 6 rings (SSSR count). The van der Waals surface area contributed by atoms with Gasteiger partial charge in [-0.25, -0.2) is 19.3 Å². The maximum atomic E-state index is 12.4. The maximum Gasteiger partial charge on any atom is 0.197 e. The second-order valence-electron chi connectivity index (χ2n) is 13.9. The van der Waals surface area contributed by atoms with Crippen molar-refractivity contribution in [3.63, 3.8) is 0 Å². The Kier molecular flexibility index (Phi) is 9.36. The first-order valence-electron chi connectivity index (χ1n) is 16.1. The van der Waals surface area contributed by atoms with Crippen molar-refractivity contribution in [1.29, 1.82) is 0 Å². The molecule has 0 spiro atoms. The molecule has 2 aliphatic carbocycles. The summed E-state index contributed by atoms with van der Waals surface area (Å²) in [6.07, 6.45) is 12.9. The molecule has 2 aromatic carbocycles. The Bertz CT molecular complexity index is 1570. The molecule has 2 fully saturated rings. The number of nitrogens with zero attached hydrogens (tertiary/aromatic N) is 6. The van der Waals surface area contributed by atoms with Gasteiger partial charge < -0.3 is 10.2 Å². The molecule has 8 nitrogen and oxygen atoms in total. The van der Waals surface area contributed by atoms with Gasteiger partial charge in [0.15, 0.2) is 10.3 Å². The number of aliphatic hydroxyl groups is 2. The molecule has 2 unspecified atom stereocenters. The molecule has 46 heavy (non-hydrogen) atoms. The van der Waals surface area contributed by atoms with Gasteiger partial charge in [-0.2, -0.15) is 10.2 Å². The van der Waals surface area contributed by atoms with E-state index in [4.69, 9.17) is 0 Å². The summed E-state index contributed by atoms with van der Waals surface area (Å²) >= 11 is 0. The largest absolute Gasteiger partial charge is 0.383 e. The fourth-order valence-electron chi connectivity index (χ4n) is 7.01. The SMILES string of the molecule is CC1(C)CCC/C(=C/c2ccccc2)C1(O)Cn1ncnc1SSc1ncnn1CC1(O)/C(=C/c2ccccc2)CCCC1(C)C. The molecule has 4 aromatic rings. The predicted octanol–water partition coefficient (Wildman–Crippen LogP) is 7.72. The summed E-state index contributed by atoms with van der Waals surface area (Å²) in [6, 6.07) is 20.4. The van der Waals surface area contributed by atoms with Crippen molar-refractivity contribution in [2.75, 3.05) is 0 Å². The maximum absolute atomic E-state index is 12.4. The third-order valence-corrected chi connectivity index (χ3v) is 12.3. The van der Waals surface area contributed by atoms with Crippen LogP contribution in [0.2, 0.25) is 0 Å². The molecule has 2 aromatic heterocycles. The third-order valence-electron chi connectivity index (χ3n) is 10.2. The van der Waals surface area contributed by atoms with Gasteiger partial charge in [-0.3, -0.25) is 0 Å². The van der Waals surface area contributed by atoms with Crippen LogP contribution in [0, 0.1) is 10.8 Å². The molecule has 2 aliphatic rings. The van der Waals surface area contributed by atoms with Gasteiger partial charge in [0, 0.05) is 0 Å². The Labute approximate surface area is 279 Å². The summed E-state index contributed by atoms with van der Waals surface area (Å²) in [4.78, 5) is 9.11. The lowest BCUT2D eigenvalue weighted by atomic mass is 9.62. The molecule has 0 bridgehead atoms. The molecule has 2 heterocycles. The summed E-state index contributed by atoms with van der Waals surface area (Å²) in [6.45, 7) is 9.17. The number of hydrogen-bond acceptors (Lipinski definition) is 8. The van der Waals surface area contributed by atoms with Crippen molar-refractivity contribution >= 4 is 33.7 Å². The number of hydrogen-bond donors (Lipinski definition) is 2. The van der Waals surface area contributed by atoms with Crippen molar-refractivity contribution in [2.24, 2.45) is 10.8 Å². The minimum Gasteiger partial charge on any atom is -0.383 e. The van der Waals surface area contributed by atoms with E-state index in [-0.39, 0.29) is 10.8 Å². The molecule has 0 aliphatic heterocycles. The lowest BCUT2D eigenvalue weighted by molar-refractivity contribution is -0.0709. The Morgan fingerprint density at radius 1 is 0.652 bits per heavy atom. The van der Waals surface area contributed by atoms with Crippen LogP contribution in [0.25, 0.3) is 12.2 Å². The summed E-state index contributed by atoms with van der Waals surface area (Å²) in [7, 11) is 2.88. The molecule has 2 N–H and O–H groups in total. The predicted molar refractivity (Wildman–Crippen MR) is 186 cm³/mol. The first-order chi connectivity index (χ1) is 22.0. The molecule has 2 saturated carbocycles. The molecule has 0 amide bonds. The van der Waals surface area contributed by atoms with Crippen molar-refractivity contribution < 1.29 is 10.2 Å². The zero-order valence-electron chi connectivity index (χ0n) is 27.1. The van der Waals surface area contributed by atoms with Gasteiger partial charge in [0.25, 0.3) is 0 Å². The van der Waals surface area contributed by atoms with E-state index in [0.29, 0.717) is 23.4 Å². The summed E-state index contributed by atoms with van der Waals surface area (Å²) in [5, 5.41) is 35.2. The van der Waals surface area contributed by atoms with E-state index in [2.05, 4.69) is 84.3 Å². The Balaban J connectivity index is 1.22. The highest BCUT2D eigenvalue weighted by Crippen LogP contribution is 2.50. The van der Waals surface area contributed by atoms with Gasteiger partial charge >= 0.3 is 0 Å². The molecule has 10 heteroatoms. The topological polar surface area (TPSA) is 102 Å². The van der Waals surface area contributed by atoms with Crippen molar-refractivity contribution in [2.45, 2.75) is 101 Å². The van der Waals surface area contributed by atoms with Gasteiger partial charge in [0.1, 0.15) is 23.9 Å². The van der Waals surface area contributed by atoms with Crippen molar-refractivity contribution in [3.05, 3.63) is 95.6 Å². The molecule has 0 radical (unpaired) electrons. The van der Waals surface area contributed by atoms with Crippen LogP contribution in [0.1, 0.15) is 77.3 Å². The summed E-state index contributed by atoms with van der Waals surface area (Å²) < 4.78 is 3.62. The van der Waals surface area contributed by atoms with Gasteiger partial charge in [0.2, 0.25) is 0 Å². The van der Waals surface area contributed by atoms with Crippen LogP contribution in [0.4, 0.5) is 0 Å². The highest BCUT2D eigenvalue weighted by Gasteiger charge is 2.50. The Morgan fingerprint density at radius 2 is 1.04 bits per heavy atom. The molecule has 0 saturated heterocycles. The van der Waals surface area contributed by atoms with E-state index < -0.39 is 11.2 Å². The number of aromatic nitrogens is 6. The van der Waals surface area contributed by atoms with Crippen LogP contribution in [-0.4, -0.2) is 50.9 Å². The van der Waals surface area contributed by atoms with Crippen LogP contribution in [0.15, 0.2) is 94.8 Å². The minimum atomic E-state index is -1.09. The quantitative estimate of drug-likeness (QED) is 0.177. The highest BCUT2D eigenvalue weighted by molar-refractivity contribution is 8.76. The van der Waals surface area contributed by atoms with Gasteiger partial charge in [-0.1, -0.05) is 101 Å². The van der Waals surface area contributed by atoms with Crippen LogP contribution in [0.5, 0.6) is 0 Å². The van der Waals surface area contributed by atoms with Crippen LogP contribution in [0.3, 0.4) is 0 Å². The van der Waals surface area contributed by atoms with Crippen LogP contribution in [-0.2, 0) is 13.1 Å². The second-order valence-corrected chi connectivity index (χ2v) is 16.0. The molecular formula is C36H44N6O2S2. The fraction of sp³-hybridized carbons (Fsp3) is 0.444. The van der Waals surface area contributed by atoms with E-state index in [0.717, 1.165) is 60.8 Å². The first-order valence-corrected chi connectivity index (χ1v) is 18.2. The Hall–Kier alpha value is -3.18. The van der Waals surface area contributed by atoms with E-state index in [1.54, 1.807) is 12.7 Å². The zero-order valence-corrected chi connectivity index (χ0v) is 28.8. The smallest absolute Gasteiger partial charge is 0.197 e. The fourth-order valence-corrected chi connectivity index (χ4v) is 8.96. The van der Waals surface area contributed by atoms with Crippen LogP contribution < -0.4 is 0 Å². The average molecular weight is 657 g/mol. The molecule has 242 valence electrons. The minimum absolute atomic E-state index is 0.301. The van der Waals surface area contributed by atoms with Gasteiger partial charge in [-0.05, 0) is 93.2 Å². The third kappa shape index (κ3) is 6.50. The average Bonchev–Trinajstić information content (AvgIpc) is 3.66. The number of benzene rings is 2.